The zero-order valence-corrected chi connectivity index (χ0v) is 35.0. The molecule has 0 fully saturated rings. The van der Waals surface area contributed by atoms with Gasteiger partial charge < -0.3 is 4.90 Å². The molecule has 1 aliphatic heterocycles. The Morgan fingerprint density at radius 3 is 1.39 bits per heavy atom. The van der Waals surface area contributed by atoms with Gasteiger partial charge in [-0.2, -0.15) is 0 Å². The molecule has 1 aromatic heterocycles. The Kier molecular flexibility index (Phi) is 8.16. The summed E-state index contributed by atoms with van der Waals surface area (Å²) < 4.78 is 0. The quantitative estimate of drug-likeness (QED) is 0.161. The molecule has 10 aromatic carbocycles. The van der Waals surface area contributed by atoms with E-state index in [0.29, 0.717) is 0 Å². The number of rotatable bonds is 5. The summed E-state index contributed by atoms with van der Waals surface area (Å²) in [6.45, 7) is 0. The molecule has 0 unspecified atom stereocenters. The molecule has 1 spiro atoms. The maximum atomic E-state index is 5.16. The molecule has 2 nitrogen and oxygen atoms in total. The largest absolute Gasteiger partial charge is 0.310 e. The number of hydrogen-bond donors (Lipinski definition) is 0. The average Bonchev–Trinajstić information content (AvgIpc) is 3.66. The molecular weight excluding hydrogens is 773 g/mol. The Morgan fingerprint density at radius 1 is 0.312 bits per heavy atom. The first-order chi connectivity index (χ1) is 31.8. The van der Waals surface area contributed by atoms with Crippen LogP contribution < -0.4 is 4.90 Å². The Balaban J connectivity index is 0.880. The van der Waals surface area contributed by atoms with Crippen molar-refractivity contribution in [2.45, 2.75) is 5.41 Å². The smallest absolute Gasteiger partial charge is 0.0754 e. The van der Waals surface area contributed by atoms with Crippen LogP contribution in [0.4, 0.5) is 17.1 Å². The van der Waals surface area contributed by atoms with Crippen LogP contribution >= 0.6 is 0 Å². The van der Waals surface area contributed by atoms with E-state index in [4.69, 9.17) is 4.98 Å². The molecule has 0 saturated carbocycles. The molecule has 0 atom stereocenters. The Morgan fingerprint density at radius 2 is 0.781 bits per heavy atom. The number of para-hydroxylation sites is 3. The predicted molar refractivity (Wildman–Crippen MR) is 267 cm³/mol. The highest BCUT2D eigenvalue weighted by Gasteiger charge is 2.51. The summed E-state index contributed by atoms with van der Waals surface area (Å²) in [4.78, 5) is 7.59. The minimum Gasteiger partial charge on any atom is -0.310 e. The SMILES string of the molecule is c1ccc(-c2c3ccccc3c(-c3ccc(-c4ccc(-c5ccc6c(c5)-c5ccccc5C65c6ccccc6N(c6ccccc6)c6ccccc65)cc4)cn3)c3ccccc23)cc1. The van der Waals surface area contributed by atoms with E-state index in [1.54, 1.807) is 0 Å². The molecule has 64 heavy (non-hydrogen) atoms. The molecule has 0 radical (unpaired) electrons. The van der Waals surface area contributed by atoms with Crippen LogP contribution in [0.15, 0.2) is 243 Å². The van der Waals surface area contributed by atoms with Crippen LogP contribution in [0.2, 0.25) is 0 Å². The lowest BCUT2D eigenvalue weighted by Gasteiger charge is -2.45. The van der Waals surface area contributed by atoms with Gasteiger partial charge in [0, 0.05) is 23.0 Å². The van der Waals surface area contributed by atoms with Crippen LogP contribution in [0.25, 0.3) is 77.3 Å². The molecule has 0 bridgehead atoms. The standard InChI is InChI=1S/C62H40N2/c1-3-17-43(18-4-1)60-48-22-7-9-24-50(48)61(51-25-10-8-23-49(51)60)57-38-36-45(40-63-57)42-33-31-41(32-34-42)44-35-37-54-52(39-44)47-21-11-12-26-53(47)62(54)55-27-13-15-29-58(55)64(46-19-5-2-6-20-46)59-30-16-14-28-56(59)62/h1-40H. The van der Waals surface area contributed by atoms with Crippen molar-refractivity contribution in [2.75, 3.05) is 4.90 Å². The Labute approximate surface area is 373 Å². The third-order valence-electron chi connectivity index (χ3n) is 13.7. The molecule has 298 valence electrons. The van der Waals surface area contributed by atoms with Gasteiger partial charge in [0.05, 0.1) is 22.5 Å². The summed E-state index contributed by atoms with van der Waals surface area (Å²) in [5, 5.41) is 4.88. The first kappa shape index (κ1) is 36.3. The van der Waals surface area contributed by atoms with Gasteiger partial charge in [-0.05, 0) is 119 Å². The lowest BCUT2D eigenvalue weighted by atomic mass is 9.64. The number of fused-ring (bicyclic) bond motifs is 11. The number of anilines is 3. The maximum Gasteiger partial charge on any atom is 0.0754 e. The van der Waals surface area contributed by atoms with Gasteiger partial charge in [-0.1, -0.05) is 200 Å². The molecule has 0 saturated heterocycles. The van der Waals surface area contributed by atoms with Crippen LogP contribution in [-0.4, -0.2) is 4.98 Å². The third kappa shape index (κ3) is 5.30. The molecule has 2 heteroatoms. The molecule has 1 aliphatic carbocycles. The van der Waals surface area contributed by atoms with Crippen molar-refractivity contribution in [1.82, 2.24) is 4.98 Å². The zero-order valence-electron chi connectivity index (χ0n) is 35.0. The van der Waals surface area contributed by atoms with Crippen LogP contribution in [0, 0.1) is 0 Å². The highest BCUT2D eigenvalue weighted by molar-refractivity contribution is 6.21. The fourth-order valence-corrected chi connectivity index (χ4v) is 11.0. The lowest BCUT2D eigenvalue weighted by molar-refractivity contribution is 0.753. The van der Waals surface area contributed by atoms with E-state index in [1.807, 2.05) is 6.20 Å². The van der Waals surface area contributed by atoms with E-state index in [-0.39, 0.29) is 0 Å². The van der Waals surface area contributed by atoms with Crippen LogP contribution in [-0.2, 0) is 5.41 Å². The number of hydrogen-bond acceptors (Lipinski definition) is 2. The fraction of sp³-hybridized carbons (Fsp3) is 0.0161. The first-order valence-corrected chi connectivity index (χ1v) is 22.1. The van der Waals surface area contributed by atoms with Crippen LogP contribution in [0.1, 0.15) is 22.3 Å². The van der Waals surface area contributed by atoms with Gasteiger partial charge in [0.2, 0.25) is 0 Å². The highest BCUT2D eigenvalue weighted by atomic mass is 15.2. The minimum atomic E-state index is -0.464. The van der Waals surface area contributed by atoms with Crippen molar-refractivity contribution in [3.05, 3.63) is 265 Å². The van der Waals surface area contributed by atoms with E-state index in [2.05, 4.69) is 241 Å². The van der Waals surface area contributed by atoms with Crippen molar-refractivity contribution in [2.24, 2.45) is 0 Å². The number of aromatic nitrogens is 1. The molecular formula is C62H40N2. The molecule has 0 amide bonds. The topological polar surface area (TPSA) is 16.1 Å². The monoisotopic (exact) mass is 812 g/mol. The van der Waals surface area contributed by atoms with Gasteiger partial charge in [0.1, 0.15) is 0 Å². The van der Waals surface area contributed by atoms with Gasteiger partial charge in [-0.3, -0.25) is 4.98 Å². The van der Waals surface area contributed by atoms with E-state index >= 15 is 0 Å². The average molecular weight is 813 g/mol. The Hall–Kier alpha value is -8.33. The van der Waals surface area contributed by atoms with E-state index in [1.165, 1.54) is 94.1 Å². The maximum absolute atomic E-state index is 5.16. The highest BCUT2D eigenvalue weighted by Crippen LogP contribution is 2.63. The summed E-state index contributed by atoms with van der Waals surface area (Å²) in [5.41, 5.74) is 20.2. The van der Waals surface area contributed by atoms with E-state index in [9.17, 15) is 0 Å². The first-order valence-electron chi connectivity index (χ1n) is 22.1. The van der Waals surface area contributed by atoms with Gasteiger partial charge in [-0.15, -0.1) is 0 Å². The van der Waals surface area contributed by atoms with Crippen molar-refractivity contribution in [3.63, 3.8) is 0 Å². The summed E-state index contributed by atoms with van der Waals surface area (Å²) in [6, 6.07) is 86.6. The van der Waals surface area contributed by atoms with Crippen molar-refractivity contribution < 1.29 is 0 Å². The van der Waals surface area contributed by atoms with Crippen molar-refractivity contribution >= 4 is 38.6 Å². The second kappa shape index (κ2) is 14.4. The normalized spacial score (nSPS) is 13.1. The second-order valence-electron chi connectivity index (χ2n) is 17.0. The number of pyridine rings is 1. The fourth-order valence-electron chi connectivity index (χ4n) is 11.0. The number of benzene rings is 10. The molecule has 13 rings (SSSR count). The van der Waals surface area contributed by atoms with Crippen molar-refractivity contribution in [3.8, 4) is 55.8 Å². The van der Waals surface area contributed by atoms with E-state index < -0.39 is 5.41 Å². The molecule has 2 aliphatic rings. The van der Waals surface area contributed by atoms with Gasteiger partial charge in [-0.25, -0.2) is 0 Å². The van der Waals surface area contributed by atoms with Crippen molar-refractivity contribution in [1.29, 1.82) is 0 Å². The van der Waals surface area contributed by atoms with Crippen LogP contribution in [0.5, 0.6) is 0 Å². The van der Waals surface area contributed by atoms with E-state index in [0.717, 1.165) is 22.5 Å². The van der Waals surface area contributed by atoms with Gasteiger partial charge >= 0.3 is 0 Å². The Bertz CT molecular complexity index is 3490. The predicted octanol–water partition coefficient (Wildman–Crippen LogP) is 16.2. The molecule has 0 N–H and O–H groups in total. The summed E-state index contributed by atoms with van der Waals surface area (Å²) in [7, 11) is 0. The minimum absolute atomic E-state index is 0.464. The lowest BCUT2D eigenvalue weighted by Crippen LogP contribution is -2.36. The van der Waals surface area contributed by atoms with Gasteiger partial charge in [0.15, 0.2) is 0 Å². The summed E-state index contributed by atoms with van der Waals surface area (Å²) in [5.74, 6) is 0. The third-order valence-corrected chi connectivity index (χ3v) is 13.7. The summed E-state index contributed by atoms with van der Waals surface area (Å²) in [6.07, 6.45) is 2.03. The van der Waals surface area contributed by atoms with Gasteiger partial charge in [0.25, 0.3) is 0 Å². The second-order valence-corrected chi connectivity index (χ2v) is 17.0. The zero-order chi connectivity index (χ0) is 42.2. The molecule has 11 aromatic rings. The molecule has 2 heterocycles. The van der Waals surface area contributed by atoms with Crippen LogP contribution in [0.3, 0.4) is 0 Å². The summed E-state index contributed by atoms with van der Waals surface area (Å²) >= 11 is 0. The number of nitrogens with zero attached hydrogens (tertiary/aromatic N) is 2.